The lowest BCUT2D eigenvalue weighted by molar-refractivity contribution is 0.0269. The molecule has 2 aromatic heterocycles. The Labute approximate surface area is 145 Å². The fourth-order valence-electron chi connectivity index (χ4n) is 2.85. The number of aryl methyl sites for hydroxylation is 1. The van der Waals surface area contributed by atoms with Crippen molar-refractivity contribution in [2.75, 3.05) is 13.1 Å². The zero-order valence-electron chi connectivity index (χ0n) is 14.9. The van der Waals surface area contributed by atoms with Crippen LogP contribution in [0.25, 0.3) is 16.7 Å². The van der Waals surface area contributed by atoms with Crippen LogP contribution in [0.3, 0.4) is 0 Å². The average Bonchev–Trinajstić information content (AvgIpc) is 2.54. The third-order valence-electron chi connectivity index (χ3n) is 3.94. The maximum absolute atomic E-state index is 12.2. The molecule has 0 radical (unpaired) electrons. The van der Waals surface area contributed by atoms with E-state index in [0.29, 0.717) is 36.4 Å². The zero-order chi connectivity index (χ0) is 18.2. The minimum absolute atomic E-state index is 0.274. The van der Waals surface area contributed by atoms with E-state index in [9.17, 15) is 9.59 Å². The lowest BCUT2D eigenvalue weighted by atomic mass is 10.2. The van der Waals surface area contributed by atoms with Gasteiger partial charge in [0.2, 0.25) is 0 Å². The fraction of sp³-hybridized carbons (Fsp3) is 0.444. The standard InChI is InChI=1S/C18H22N4O3/c1-12-20-16(23)14-6-5-9-19-15(14)22(12)13-7-10-21(11-8-13)17(24)25-18(2,3)4/h5-7,9H,8,10-11H2,1-4H3. The van der Waals surface area contributed by atoms with E-state index in [-0.39, 0.29) is 11.7 Å². The van der Waals surface area contributed by atoms with E-state index in [1.807, 2.05) is 31.4 Å². The largest absolute Gasteiger partial charge is 0.444 e. The van der Waals surface area contributed by atoms with Crippen molar-refractivity contribution in [3.05, 3.63) is 40.6 Å². The predicted octanol–water partition coefficient (Wildman–Crippen LogP) is 2.58. The summed E-state index contributed by atoms with van der Waals surface area (Å²) in [6.07, 6.45) is 3.94. The van der Waals surface area contributed by atoms with Crippen molar-refractivity contribution >= 4 is 22.8 Å². The van der Waals surface area contributed by atoms with Crippen LogP contribution in [0.5, 0.6) is 0 Å². The van der Waals surface area contributed by atoms with E-state index >= 15 is 0 Å². The maximum atomic E-state index is 12.2. The first kappa shape index (κ1) is 17.1. The van der Waals surface area contributed by atoms with E-state index in [0.717, 1.165) is 5.70 Å². The number of amides is 1. The number of fused-ring (bicyclic) bond motifs is 1. The molecule has 7 nitrogen and oxygen atoms in total. The molecule has 0 saturated heterocycles. The number of rotatable bonds is 1. The normalized spacial score (nSPS) is 15.2. The van der Waals surface area contributed by atoms with E-state index in [1.54, 1.807) is 30.2 Å². The highest BCUT2D eigenvalue weighted by molar-refractivity contribution is 5.78. The van der Waals surface area contributed by atoms with Crippen molar-refractivity contribution in [3.63, 3.8) is 0 Å². The molecule has 0 spiro atoms. The maximum Gasteiger partial charge on any atom is 0.410 e. The van der Waals surface area contributed by atoms with Crippen LogP contribution >= 0.6 is 0 Å². The van der Waals surface area contributed by atoms with Gasteiger partial charge in [-0.25, -0.2) is 9.78 Å². The van der Waals surface area contributed by atoms with E-state index in [2.05, 4.69) is 9.97 Å². The van der Waals surface area contributed by atoms with Crippen LogP contribution in [-0.4, -0.2) is 44.2 Å². The highest BCUT2D eigenvalue weighted by Crippen LogP contribution is 2.22. The Morgan fingerprint density at radius 2 is 2.08 bits per heavy atom. The Balaban J connectivity index is 1.91. The van der Waals surface area contributed by atoms with Crippen molar-refractivity contribution in [1.82, 2.24) is 19.4 Å². The summed E-state index contributed by atoms with van der Waals surface area (Å²) in [7, 11) is 0. The van der Waals surface area contributed by atoms with Gasteiger partial charge in [-0.15, -0.1) is 0 Å². The molecule has 0 bridgehead atoms. The summed E-state index contributed by atoms with van der Waals surface area (Å²) >= 11 is 0. The summed E-state index contributed by atoms with van der Waals surface area (Å²) < 4.78 is 7.30. The van der Waals surface area contributed by atoms with Gasteiger partial charge in [-0.05, 0) is 45.9 Å². The summed E-state index contributed by atoms with van der Waals surface area (Å²) in [4.78, 5) is 34.4. The lowest BCUT2D eigenvalue weighted by Crippen LogP contribution is -2.39. The first-order chi connectivity index (χ1) is 11.8. The summed E-state index contributed by atoms with van der Waals surface area (Å²) in [6, 6.07) is 3.45. The number of pyridine rings is 1. The Morgan fingerprint density at radius 1 is 1.32 bits per heavy atom. The average molecular weight is 342 g/mol. The van der Waals surface area contributed by atoms with Gasteiger partial charge in [0.15, 0.2) is 5.65 Å². The van der Waals surface area contributed by atoms with E-state index in [1.165, 1.54) is 0 Å². The molecule has 0 unspecified atom stereocenters. The first-order valence-electron chi connectivity index (χ1n) is 8.28. The van der Waals surface area contributed by atoms with Gasteiger partial charge in [-0.1, -0.05) is 0 Å². The number of aromatic nitrogens is 3. The Morgan fingerprint density at radius 3 is 2.72 bits per heavy atom. The topological polar surface area (TPSA) is 77.3 Å². The van der Waals surface area contributed by atoms with Crippen LogP contribution in [0.4, 0.5) is 4.79 Å². The van der Waals surface area contributed by atoms with Crippen LogP contribution in [0, 0.1) is 6.92 Å². The third kappa shape index (κ3) is 3.55. The van der Waals surface area contributed by atoms with Crippen molar-refractivity contribution in [3.8, 4) is 0 Å². The van der Waals surface area contributed by atoms with E-state index < -0.39 is 5.60 Å². The molecular formula is C18H22N4O3. The number of hydrogen-bond donors (Lipinski definition) is 0. The first-order valence-corrected chi connectivity index (χ1v) is 8.28. The van der Waals surface area contributed by atoms with Crippen LogP contribution in [-0.2, 0) is 4.74 Å². The molecule has 3 heterocycles. The smallest absolute Gasteiger partial charge is 0.410 e. The minimum atomic E-state index is -0.513. The van der Waals surface area contributed by atoms with Crippen LogP contribution in [0.2, 0.25) is 0 Å². The summed E-state index contributed by atoms with van der Waals surface area (Å²) in [5.41, 5.74) is 0.787. The SMILES string of the molecule is Cc1nc(=O)c2cccnc2n1C1=CCN(C(=O)OC(C)(C)C)CC1. The second-order valence-electron chi connectivity index (χ2n) is 7.05. The molecule has 132 valence electrons. The van der Waals surface area contributed by atoms with Crippen molar-refractivity contribution in [2.24, 2.45) is 0 Å². The van der Waals surface area contributed by atoms with Gasteiger partial charge in [-0.2, -0.15) is 4.98 Å². The summed E-state index contributed by atoms with van der Waals surface area (Å²) in [5.74, 6) is 0.591. The van der Waals surface area contributed by atoms with Gasteiger partial charge < -0.3 is 9.64 Å². The van der Waals surface area contributed by atoms with Crippen LogP contribution in [0.15, 0.2) is 29.2 Å². The van der Waals surface area contributed by atoms with Gasteiger partial charge in [0.05, 0.1) is 5.39 Å². The monoisotopic (exact) mass is 342 g/mol. The molecular weight excluding hydrogens is 320 g/mol. The highest BCUT2D eigenvalue weighted by atomic mass is 16.6. The molecule has 0 atom stereocenters. The van der Waals surface area contributed by atoms with Gasteiger partial charge in [0.1, 0.15) is 11.4 Å². The zero-order valence-corrected chi connectivity index (χ0v) is 14.9. The molecule has 1 aliphatic rings. The second-order valence-corrected chi connectivity index (χ2v) is 7.05. The Hall–Kier alpha value is -2.70. The number of hydrogen-bond acceptors (Lipinski definition) is 5. The van der Waals surface area contributed by atoms with E-state index in [4.69, 9.17) is 4.74 Å². The van der Waals surface area contributed by atoms with Crippen LogP contribution < -0.4 is 5.56 Å². The molecule has 1 amide bonds. The van der Waals surface area contributed by atoms with Gasteiger partial charge >= 0.3 is 6.09 Å². The number of nitrogens with zero attached hydrogens (tertiary/aromatic N) is 4. The van der Waals surface area contributed by atoms with Gasteiger partial charge in [0.25, 0.3) is 5.56 Å². The number of carbonyl (C=O) groups excluding carboxylic acids is 1. The highest BCUT2D eigenvalue weighted by Gasteiger charge is 2.24. The molecule has 0 aromatic carbocycles. The quantitative estimate of drug-likeness (QED) is 0.796. The summed E-state index contributed by atoms with van der Waals surface area (Å²) in [6.45, 7) is 8.33. The molecule has 7 heteroatoms. The van der Waals surface area contributed by atoms with Gasteiger partial charge in [0, 0.05) is 31.4 Å². The lowest BCUT2D eigenvalue weighted by Gasteiger charge is -2.30. The number of ether oxygens (including phenoxy) is 1. The molecule has 0 N–H and O–H groups in total. The summed E-state index contributed by atoms with van der Waals surface area (Å²) in [5, 5.41) is 0.489. The van der Waals surface area contributed by atoms with Gasteiger partial charge in [-0.3, -0.25) is 9.36 Å². The molecule has 2 aromatic rings. The molecule has 0 aliphatic carbocycles. The second kappa shape index (κ2) is 6.31. The predicted molar refractivity (Wildman–Crippen MR) is 95.2 cm³/mol. The molecule has 1 aliphatic heterocycles. The Kier molecular flexibility index (Phi) is 4.32. The van der Waals surface area contributed by atoms with Crippen LogP contribution in [0.1, 0.15) is 33.0 Å². The van der Waals surface area contributed by atoms with Crippen molar-refractivity contribution in [2.45, 2.75) is 39.7 Å². The fourth-order valence-corrected chi connectivity index (χ4v) is 2.85. The Bertz CT molecular complexity index is 909. The molecule has 25 heavy (non-hydrogen) atoms. The molecule has 0 fully saturated rings. The molecule has 0 saturated carbocycles. The molecule has 3 rings (SSSR count). The minimum Gasteiger partial charge on any atom is -0.444 e. The van der Waals surface area contributed by atoms with Crippen molar-refractivity contribution in [1.29, 1.82) is 0 Å². The van der Waals surface area contributed by atoms with Crippen molar-refractivity contribution < 1.29 is 9.53 Å². The third-order valence-corrected chi connectivity index (χ3v) is 3.94. The number of carbonyl (C=O) groups is 1.